The van der Waals surface area contributed by atoms with Crippen LogP contribution < -0.4 is 10.1 Å². The third-order valence-corrected chi connectivity index (χ3v) is 5.35. The van der Waals surface area contributed by atoms with E-state index in [-0.39, 0.29) is 11.3 Å². The second-order valence-electron chi connectivity index (χ2n) is 6.63. The molecule has 0 unspecified atom stereocenters. The number of nitrogens with zero attached hydrogens (tertiary/aromatic N) is 1. The van der Waals surface area contributed by atoms with Gasteiger partial charge >= 0.3 is 0 Å². The number of unbranched alkanes of at least 4 members (excludes halogenated alkanes) is 1. The monoisotopic (exact) mass is 332 g/mol. The Kier molecular flexibility index (Phi) is 7.10. The first-order valence-corrected chi connectivity index (χ1v) is 9.32. The predicted octanol–water partition coefficient (Wildman–Crippen LogP) is 3.36. The van der Waals surface area contributed by atoms with E-state index >= 15 is 0 Å². The summed E-state index contributed by atoms with van der Waals surface area (Å²) in [7, 11) is 1.68. The van der Waals surface area contributed by atoms with Gasteiger partial charge < -0.3 is 15.0 Å². The molecule has 0 heterocycles. The third-order valence-electron chi connectivity index (χ3n) is 5.35. The predicted molar refractivity (Wildman–Crippen MR) is 98.6 cm³/mol. The molecule has 1 saturated carbocycles. The summed E-state index contributed by atoms with van der Waals surface area (Å²) in [5.41, 5.74) is 0.658. The van der Waals surface area contributed by atoms with Gasteiger partial charge in [-0.15, -0.1) is 0 Å². The number of para-hydroxylation sites is 1. The van der Waals surface area contributed by atoms with Crippen LogP contribution >= 0.6 is 0 Å². The van der Waals surface area contributed by atoms with Crippen LogP contribution in [0.15, 0.2) is 24.3 Å². The molecule has 0 radical (unpaired) electrons. The Morgan fingerprint density at radius 3 is 2.50 bits per heavy atom. The van der Waals surface area contributed by atoms with Gasteiger partial charge in [-0.25, -0.2) is 0 Å². The molecule has 0 atom stereocenters. The number of rotatable bonds is 10. The number of nitrogens with one attached hydrogen (secondary N) is 1. The molecule has 0 aromatic heterocycles. The van der Waals surface area contributed by atoms with Gasteiger partial charge in [0, 0.05) is 12.1 Å². The smallest absolute Gasteiger partial charge is 0.230 e. The van der Waals surface area contributed by atoms with Crippen LogP contribution in [0.2, 0.25) is 0 Å². The number of benzene rings is 1. The van der Waals surface area contributed by atoms with Gasteiger partial charge in [-0.05, 0) is 51.4 Å². The van der Waals surface area contributed by atoms with Crippen LogP contribution in [0.25, 0.3) is 0 Å². The Labute approximate surface area is 146 Å². The first-order valence-electron chi connectivity index (χ1n) is 9.32. The first-order chi connectivity index (χ1) is 11.7. The van der Waals surface area contributed by atoms with Crippen molar-refractivity contribution in [1.82, 2.24) is 10.2 Å². The molecule has 2 rings (SSSR count). The van der Waals surface area contributed by atoms with Gasteiger partial charge in [0.2, 0.25) is 5.91 Å². The van der Waals surface area contributed by atoms with E-state index in [9.17, 15) is 4.79 Å². The van der Waals surface area contributed by atoms with E-state index in [4.69, 9.17) is 4.74 Å². The number of carbonyl (C=O) groups excluding carboxylic acids is 1. The van der Waals surface area contributed by atoms with Gasteiger partial charge in [0.15, 0.2) is 0 Å². The van der Waals surface area contributed by atoms with Crippen molar-refractivity contribution in [3.05, 3.63) is 29.8 Å². The topological polar surface area (TPSA) is 41.6 Å². The Balaban J connectivity index is 1.88. The van der Waals surface area contributed by atoms with Crippen LogP contribution in [0, 0.1) is 0 Å². The third kappa shape index (κ3) is 4.10. The molecule has 1 aliphatic rings. The highest BCUT2D eigenvalue weighted by Crippen LogP contribution is 2.47. The maximum atomic E-state index is 12.8. The number of hydrogen-bond acceptors (Lipinski definition) is 3. The quantitative estimate of drug-likeness (QED) is 0.668. The van der Waals surface area contributed by atoms with Crippen molar-refractivity contribution in [2.75, 3.05) is 33.3 Å². The Bertz CT molecular complexity index is 522. The van der Waals surface area contributed by atoms with E-state index in [0.717, 1.165) is 69.6 Å². The molecule has 0 bridgehead atoms. The number of methoxy groups -OCH3 is 1. The summed E-state index contributed by atoms with van der Waals surface area (Å²) in [5.74, 6) is 0.995. The minimum Gasteiger partial charge on any atom is -0.496 e. The molecule has 1 aromatic rings. The average Bonchev–Trinajstić information content (AvgIpc) is 2.57. The van der Waals surface area contributed by atoms with Crippen molar-refractivity contribution < 1.29 is 9.53 Å². The average molecular weight is 332 g/mol. The van der Waals surface area contributed by atoms with Crippen LogP contribution in [0.1, 0.15) is 51.5 Å². The summed E-state index contributed by atoms with van der Waals surface area (Å²) < 4.78 is 5.49. The van der Waals surface area contributed by atoms with Crippen LogP contribution in [0.5, 0.6) is 5.75 Å². The molecule has 1 aromatic carbocycles. The van der Waals surface area contributed by atoms with E-state index < -0.39 is 0 Å². The standard InChI is InChI=1S/C20H32N2O2/c1-4-22(5-2)16-9-8-15-21-19(23)20(13-10-14-20)17-11-6-7-12-18(17)24-3/h6-7,11-12H,4-5,8-10,13-16H2,1-3H3,(H,21,23). The van der Waals surface area contributed by atoms with Crippen LogP contribution in [0.4, 0.5) is 0 Å². The fourth-order valence-electron chi connectivity index (χ4n) is 3.56. The van der Waals surface area contributed by atoms with Crippen LogP contribution in [0.3, 0.4) is 0 Å². The zero-order valence-corrected chi connectivity index (χ0v) is 15.4. The Morgan fingerprint density at radius 2 is 1.92 bits per heavy atom. The first kappa shape index (κ1) is 18.8. The van der Waals surface area contributed by atoms with Crippen molar-refractivity contribution in [3.8, 4) is 5.75 Å². The van der Waals surface area contributed by atoms with Crippen LogP contribution in [-0.2, 0) is 10.2 Å². The van der Waals surface area contributed by atoms with E-state index in [2.05, 4.69) is 24.1 Å². The zero-order valence-electron chi connectivity index (χ0n) is 15.4. The highest BCUT2D eigenvalue weighted by Gasteiger charge is 2.47. The molecular formula is C20H32N2O2. The number of amides is 1. The number of ether oxygens (including phenoxy) is 1. The summed E-state index contributed by atoms with van der Waals surface area (Å²) in [5, 5.41) is 3.17. The van der Waals surface area contributed by atoms with Gasteiger partial charge in [0.1, 0.15) is 5.75 Å². The summed E-state index contributed by atoms with van der Waals surface area (Å²) >= 11 is 0. The second kappa shape index (κ2) is 9.07. The molecule has 1 N–H and O–H groups in total. The van der Waals surface area contributed by atoms with Gasteiger partial charge in [0.25, 0.3) is 0 Å². The Hall–Kier alpha value is -1.55. The number of carbonyl (C=O) groups is 1. The van der Waals surface area contributed by atoms with E-state index in [1.807, 2.05) is 24.3 Å². The molecule has 0 aliphatic heterocycles. The van der Waals surface area contributed by atoms with Crippen LogP contribution in [-0.4, -0.2) is 44.1 Å². The summed E-state index contributed by atoms with van der Waals surface area (Å²) in [6.45, 7) is 8.45. The SMILES string of the molecule is CCN(CC)CCCCNC(=O)C1(c2ccccc2OC)CCC1. The molecule has 0 saturated heterocycles. The maximum Gasteiger partial charge on any atom is 0.230 e. The maximum absolute atomic E-state index is 12.8. The lowest BCUT2D eigenvalue weighted by Gasteiger charge is -2.41. The number of hydrogen-bond donors (Lipinski definition) is 1. The van der Waals surface area contributed by atoms with Gasteiger partial charge in [-0.1, -0.05) is 38.5 Å². The fraction of sp³-hybridized carbons (Fsp3) is 0.650. The van der Waals surface area contributed by atoms with Gasteiger partial charge in [-0.2, -0.15) is 0 Å². The van der Waals surface area contributed by atoms with Crippen molar-refractivity contribution in [3.63, 3.8) is 0 Å². The zero-order chi connectivity index (χ0) is 17.4. The molecule has 4 heteroatoms. The molecule has 4 nitrogen and oxygen atoms in total. The summed E-state index contributed by atoms with van der Waals surface area (Å²) in [4.78, 5) is 15.3. The normalized spacial score (nSPS) is 15.8. The van der Waals surface area contributed by atoms with E-state index in [1.165, 1.54) is 0 Å². The lowest BCUT2D eigenvalue weighted by molar-refractivity contribution is -0.130. The lowest BCUT2D eigenvalue weighted by atomic mass is 9.63. The van der Waals surface area contributed by atoms with E-state index in [0.29, 0.717) is 0 Å². The lowest BCUT2D eigenvalue weighted by Crippen LogP contribution is -2.49. The molecule has 0 spiro atoms. The van der Waals surface area contributed by atoms with Gasteiger partial charge in [-0.3, -0.25) is 4.79 Å². The highest BCUT2D eigenvalue weighted by atomic mass is 16.5. The van der Waals surface area contributed by atoms with E-state index in [1.54, 1.807) is 7.11 Å². The highest BCUT2D eigenvalue weighted by molar-refractivity contribution is 5.90. The molecule has 1 aliphatic carbocycles. The van der Waals surface area contributed by atoms with Crippen molar-refractivity contribution in [2.45, 2.75) is 51.4 Å². The minimum atomic E-state index is -0.383. The van der Waals surface area contributed by atoms with Crippen molar-refractivity contribution >= 4 is 5.91 Å². The van der Waals surface area contributed by atoms with Gasteiger partial charge in [0.05, 0.1) is 12.5 Å². The Morgan fingerprint density at radius 1 is 1.21 bits per heavy atom. The molecule has 1 fully saturated rings. The molecule has 24 heavy (non-hydrogen) atoms. The summed E-state index contributed by atoms with van der Waals surface area (Å²) in [6, 6.07) is 7.94. The second-order valence-corrected chi connectivity index (χ2v) is 6.63. The summed E-state index contributed by atoms with van der Waals surface area (Å²) in [6.07, 6.45) is 5.10. The molecular weight excluding hydrogens is 300 g/mol. The minimum absolute atomic E-state index is 0.168. The molecule has 134 valence electrons. The van der Waals surface area contributed by atoms with Crippen molar-refractivity contribution in [1.29, 1.82) is 0 Å². The van der Waals surface area contributed by atoms with Crippen molar-refractivity contribution in [2.24, 2.45) is 0 Å². The molecule has 1 amide bonds. The fourth-order valence-corrected chi connectivity index (χ4v) is 3.56. The largest absolute Gasteiger partial charge is 0.496 e.